The number of ether oxygens (including phenoxy) is 2. The van der Waals surface area contributed by atoms with Gasteiger partial charge in [-0.2, -0.15) is 0 Å². The van der Waals surface area contributed by atoms with E-state index in [2.05, 4.69) is 20.1 Å². The lowest BCUT2D eigenvalue weighted by Crippen LogP contribution is -2.37. The van der Waals surface area contributed by atoms with Crippen LogP contribution in [0.1, 0.15) is 19.3 Å². The van der Waals surface area contributed by atoms with Crippen LogP contribution >= 0.6 is 0 Å². The molecule has 108 valence electrons. The zero-order valence-electron chi connectivity index (χ0n) is 10.6. The summed E-state index contributed by atoms with van der Waals surface area (Å²) >= 11 is 0. The molecule has 5 nitrogen and oxygen atoms in total. The quantitative estimate of drug-likeness (QED) is 0.873. The standard InChI is InChI=1S/C13H14F2N2O3/c14-13(15)19-10-5-4-8(7-11(10)20-13)17-9-3-1-2-6-16-12(9)18/h4-5,7,9,17H,1-3,6H2,(H,16,18)/t9-/m0/s1. The number of nitrogens with one attached hydrogen (secondary N) is 2. The van der Waals surface area contributed by atoms with Crippen LogP contribution in [0, 0.1) is 0 Å². The molecule has 1 aromatic carbocycles. The Morgan fingerprint density at radius 2 is 2.05 bits per heavy atom. The Bertz CT molecular complexity index is 536. The fourth-order valence-electron chi connectivity index (χ4n) is 2.32. The molecule has 0 saturated carbocycles. The molecule has 0 bridgehead atoms. The molecule has 7 heteroatoms. The molecule has 0 unspecified atom stereocenters. The van der Waals surface area contributed by atoms with E-state index >= 15 is 0 Å². The Kier molecular flexibility index (Phi) is 3.11. The summed E-state index contributed by atoms with van der Waals surface area (Å²) < 4.78 is 34.5. The Hall–Kier alpha value is -2.05. The zero-order chi connectivity index (χ0) is 14.2. The highest BCUT2D eigenvalue weighted by Crippen LogP contribution is 2.42. The van der Waals surface area contributed by atoms with Gasteiger partial charge in [0.25, 0.3) is 0 Å². The van der Waals surface area contributed by atoms with Crippen molar-refractivity contribution in [3.05, 3.63) is 18.2 Å². The van der Waals surface area contributed by atoms with Crippen molar-refractivity contribution >= 4 is 11.6 Å². The Labute approximate surface area is 114 Å². The van der Waals surface area contributed by atoms with Crippen molar-refractivity contribution in [2.24, 2.45) is 0 Å². The first-order valence-electron chi connectivity index (χ1n) is 6.48. The molecule has 1 amide bonds. The van der Waals surface area contributed by atoms with Crippen molar-refractivity contribution in [1.29, 1.82) is 0 Å². The molecule has 2 aliphatic heterocycles. The molecule has 0 spiro atoms. The Morgan fingerprint density at radius 3 is 2.90 bits per heavy atom. The lowest BCUT2D eigenvalue weighted by atomic mass is 10.1. The number of carbonyl (C=O) groups excluding carboxylic acids is 1. The molecule has 0 aromatic heterocycles. The minimum absolute atomic E-state index is 0.00846. The van der Waals surface area contributed by atoms with Crippen LogP contribution in [0.15, 0.2) is 18.2 Å². The van der Waals surface area contributed by atoms with E-state index in [0.717, 1.165) is 12.8 Å². The Balaban J connectivity index is 1.74. The maximum absolute atomic E-state index is 12.9. The van der Waals surface area contributed by atoms with Crippen molar-refractivity contribution in [3.8, 4) is 11.5 Å². The third-order valence-electron chi connectivity index (χ3n) is 3.28. The van der Waals surface area contributed by atoms with Gasteiger partial charge in [0.15, 0.2) is 11.5 Å². The number of hydrogen-bond donors (Lipinski definition) is 2. The molecule has 1 fully saturated rings. The van der Waals surface area contributed by atoms with Gasteiger partial charge in [-0.05, 0) is 31.4 Å². The minimum Gasteiger partial charge on any atom is -0.395 e. The molecule has 2 N–H and O–H groups in total. The van der Waals surface area contributed by atoms with Gasteiger partial charge in [-0.3, -0.25) is 4.79 Å². The Morgan fingerprint density at radius 1 is 1.25 bits per heavy atom. The predicted octanol–water partition coefficient (Wildman–Crippen LogP) is 2.09. The number of anilines is 1. The lowest BCUT2D eigenvalue weighted by Gasteiger charge is -2.16. The van der Waals surface area contributed by atoms with Gasteiger partial charge >= 0.3 is 6.29 Å². The summed E-state index contributed by atoms with van der Waals surface area (Å²) in [4.78, 5) is 11.8. The van der Waals surface area contributed by atoms with E-state index in [0.29, 0.717) is 18.7 Å². The number of fused-ring (bicyclic) bond motifs is 1. The van der Waals surface area contributed by atoms with Crippen molar-refractivity contribution in [3.63, 3.8) is 0 Å². The first-order chi connectivity index (χ1) is 9.53. The number of halogens is 2. The molecule has 20 heavy (non-hydrogen) atoms. The van der Waals surface area contributed by atoms with Crippen LogP contribution in [-0.4, -0.2) is 24.8 Å². The van der Waals surface area contributed by atoms with Gasteiger partial charge in [0, 0.05) is 18.3 Å². The number of alkyl halides is 2. The van der Waals surface area contributed by atoms with E-state index < -0.39 is 6.29 Å². The second kappa shape index (κ2) is 4.81. The maximum atomic E-state index is 12.9. The van der Waals surface area contributed by atoms with Gasteiger partial charge in [0.2, 0.25) is 5.91 Å². The fourth-order valence-corrected chi connectivity index (χ4v) is 2.32. The predicted molar refractivity (Wildman–Crippen MR) is 66.9 cm³/mol. The van der Waals surface area contributed by atoms with Crippen molar-refractivity contribution in [2.75, 3.05) is 11.9 Å². The van der Waals surface area contributed by atoms with Crippen LogP contribution < -0.4 is 20.1 Å². The molecule has 2 aliphatic rings. The van der Waals surface area contributed by atoms with Gasteiger partial charge in [0.1, 0.15) is 6.04 Å². The highest BCUT2D eigenvalue weighted by molar-refractivity contribution is 5.85. The van der Waals surface area contributed by atoms with Gasteiger partial charge in [-0.1, -0.05) is 0 Å². The summed E-state index contributed by atoms with van der Waals surface area (Å²) in [5.74, 6) is -0.120. The number of hydrogen-bond acceptors (Lipinski definition) is 4. The van der Waals surface area contributed by atoms with Crippen LogP contribution in [-0.2, 0) is 4.79 Å². The van der Waals surface area contributed by atoms with Gasteiger partial charge in [-0.25, -0.2) is 0 Å². The van der Waals surface area contributed by atoms with Gasteiger partial charge < -0.3 is 20.1 Å². The summed E-state index contributed by atoms with van der Waals surface area (Å²) in [6, 6.07) is 4.03. The van der Waals surface area contributed by atoms with Crippen LogP contribution in [0.4, 0.5) is 14.5 Å². The van der Waals surface area contributed by atoms with Crippen molar-refractivity contribution in [2.45, 2.75) is 31.6 Å². The molecule has 2 heterocycles. The van der Waals surface area contributed by atoms with E-state index in [-0.39, 0.29) is 23.4 Å². The highest BCUT2D eigenvalue weighted by atomic mass is 19.3. The molecule has 0 aliphatic carbocycles. The van der Waals surface area contributed by atoms with E-state index in [4.69, 9.17) is 0 Å². The topological polar surface area (TPSA) is 59.6 Å². The minimum atomic E-state index is -3.62. The second-order valence-electron chi connectivity index (χ2n) is 4.81. The number of benzene rings is 1. The van der Waals surface area contributed by atoms with Crippen molar-refractivity contribution in [1.82, 2.24) is 5.32 Å². The SMILES string of the molecule is O=C1NCCCC[C@@H]1Nc1ccc2c(c1)OC(F)(F)O2. The number of amides is 1. The van der Waals surface area contributed by atoms with E-state index in [1.54, 1.807) is 6.07 Å². The summed E-state index contributed by atoms with van der Waals surface area (Å²) in [7, 11) is 0. The normalized spacial score (nSPS) is 23.9. The third-order valence-corrected chi connectivity index (χ3v) is 3.28. The van der Waals surface area contributed by atoms with Crippen LogP contribution in [0.2, 0.25) is 0 Å². The van der Waals surface area contributed by atoms with E-state index in [1.165, 1.54) is 12.1 Å². The monoisotopic (exact) mass is 284 g/mol. The molecular weight excluding hydrogens is 270 g/mol. The summed E-state index contributed by atoms with van der Waals surface area (Å²) in [5.41, 5.74) is 0.548. The largest absolute Gasteiger partial charge is 0.586 e. The maximum Gasteiger partial charge on any atom is 0.586 e. The second-order valence-corrected chi connectivity index (χ2v) is 4.81. The zero-order valence-corrected chi connectivity index (χ0v) is 10.6. The molecule has 0 radical (unpaired) electrons. The first kappa shape index (κ1) is 13.0. The third kappa shape index (κ3) is 2.61. The van der Waals surface area contributed by atoms with E-state index in [1.807, 2.05) is 0 Å². The fraction of sp³-hybridized carbons (Fsp3) is 0.462. The number of carbonyl (C=O) groups is 1. The highest BCUT2D eigenvalue weighted by Gasteiger charge is 2.43. The lowest BCUT2D eigenvalue weighted by molar-refractivity contribution is -0.286. The van der Waals surface area contributed by atoms with E-state index in [9.17, 15) is 13.6 Å². The molecule has 3 rings (SSSR count). The summed E-state index contributed by atoms with van der Waals surface area (Å²) in [6.45, 7) is 0.671. The van der Waals surface area contributed by atoms with Crippen LogP contribution in [0.3, 0.4) is 0 Å². The summed E-state index contributed by atoms with van der Waals surface area (Å²) in [6.07, 6.45) is -1.05. The molecule has 1 aromatic rings. The average Bonchev–Trinajstić information content (AvgIpc) is 2.55. The van der Waals surface area contributed by atoms with Gasteiger partial charge in [-0.15, -0.1) is 8.78 Å². The average molecular weight is 284 g/mol. The summed E-state index contributed by atoms with van der Waals surface area (Å²) in [5, 5.41) is 5.84. The van der Waals surface area contributed by atoms with Crippen LogP contribution in [0.25, 0.3) is 0 Å². The number of rotatable bonds is 2. The molecular formula is C13H14F2N2O3. The molecule has 1 atom stereocenters. The smallest absolute Gasteiger partial charge is 0.395 e. The molecule has 1 saturated heterocycles. The van der Waals surface area contributed by atoms with Gasteiger partial charge in [0.05, 0.1) is 0 Å². The van der Waals surface area contributed by atoms with Crippen molar-refractivity contribution < 1.29 is 23.0 Å². The first-order valence-corrected chi connectivity index (χ1v) is 6.48. The van der Waals surface area contributed by atoms with Crippen LogP contribution in [0.5, 0.6) is 11.5 Å².